The smallest absolute Gasteiger partial charge is 0.391 e. The molecule has 1 aliphatic heterocycles. The number of fused-ring (bicyclic) bond motifs is 1. The van der Waals surface area contributed by atoms with Gasteiger partial charge < -0.3 is 20.0 Å². The average molecular weight is 563 g/mol. The Kier molecular flexibility index (Phi) is 6.16. The van der Waals surface area contributed by atoms with Gasteiger partial charge in [-0.2, -0.15) is 0 Å². The van der Waals surface area contributed by atoms with Crippen LogP contribution < -0.4 is 16.0 Å². The highest BCUT2D eigenvalue weighted by Gasteiger charge is 2.29. The van der Waals surface area contributed by atoms with Gasteiger partial charge in [0.1, 0.15) is 16.7 Å². The number of H-pyrrole nitrogens is 1. The van der Waals surface area contributed by atoms with Gasteiger partial charge in [-0.15, -0.1) is 5.10 Å². The van der Waals surface area contributed by atoms with E-state index in [1.807, 2.05) is 31.2 Å². The van der Waals surface area contributed by atoms with Crippen LogP contribution in [0.3, 0.4) is 0 Å². The number of carbonyl (C=O) groups is 1. The van der Waals surface area contributed by atoms with Gasteiger partial charge >= 0.3 is 6.09 Å². The maximum absolute atomic E-state index is 13.5. The molecule has 0 radical (unpaired) electrons. The Morgan fingerprint density at radius 1 is 1.15 bits per heavy atom. The molecule has 1 amide bonds. The van der Waals surface area contributed by atoms with Gasteiger partial charge in [-0.05, 0) is 49.6 Å². The summed E-state index contributed by atoms with van der Waals surface area (Å²) in [6.07, 6.45) is 3.50. The maximum atomic E-state index is 13.5. The van der Waals surface area contributed by atoms with Gasteiger partial charge in [0, 0.05) is 35.2 Å². The summed E-state index contributed by atoms with van der Waals surface area (Å²) in [7, 11) is 0. The number of nitrogens with one attached hydrogen (secondary N) is 1. The highest BCUT2D eigenvalue weighted by atomic mass is 35.5. The Hall–Kier alpha value is -4.48. The SMILES string of the molecule is Cc1ccc(-n2cc(Cl)nn2)c(-c2cc3n(c(=O)c2)[C@H](c2nc(-c4ccc(OC(N)=O)nc4)c(Cl)[nH]2)CC3)c1. The molecule has 0 spiro atoms. The normalized spacial score (nSPS) is 14.4. The van der Waals surface area contributed by atoms with Crippen LogP contribution in [0, 0.1) is 6.92 Å². The third-order valence-corrected chi connectivity index (χ3v) is 6.96. The fourth-order valence-corrected chi connectivity index (χ4v) is 5.23. The van der Waals surface area contributed by atoms with Crippen molar-refractivity contribution in [2.45, 2.75) is 25.8 Å². The molecule has 4 aromatic heterocycles. The number of ether oxygens (including phenoxy) is 1. The number of aryl methyl sites for hydroxylation is 2. The van der Waals surface area contributed by atoms with Gasteiger partial charge in [-0.25, -0.2) is 19.4 Å². The van der Waals surface area contributed by atoms with E-state index in [1.54, 1.807) is 27.6 Å². The number of primary amides is 1. The number of hydrogen-bond donors (Lipinski definition) is 2. The molecule has 1 aliphatic rings. The Morgan fingerprint density at radius 3 is 2.72 bits per heavy atom. The van der Waals surface area contributed by atoms with Crippen molar-refractivity contribution < 1.29 is 9.53 Å². The first kappa shape index (κ1) is 24.8. The Balaban J connectivity index is 1.35. The topological polar surface area (TPSA) is 147 Å². The van der Waals surface area contributed by atoms with Gasteiger partial charge in [0.15, 0.2) is 5.15 Å². The van der Waals surface area contributed by atoms with Crippen LogP contribution in [-0.2, 0) is 6.42 Å². The van der Waals surface area contributed by atoms with Gasteiger partial charge in [0.05, 0.1) is 17.9 Å². The quantitative estimate of drug-likeness (QED) is 0.320. The molecular formula is C26H20Cl2N8O3. The Bertz CT molecular complexity index is 1790. The highest BCUT2D eigenvalue weighted by molar-refractivity contribution is 6.31. The molecule has 0 unspecified atom stereocenters. The standard InChI is InChI=1S/C26H20Cl2N8O3/c1-13-2-5-18(35-12-20(27)33-34-35)17(8-13)15-9-16-4-6-19(36(16)22(37)10-15)25-31-23(24(28)32-25)14-3-7-21(30-11-14)39-26(29)38/h2-3,5,7-12,19H,4,6H2,1H3,(H2,29,38)(H,31,32)/t19-/m0/s1. The van der Waals surface area contributed by atoms with Crippen molar-refractivity contribution in [1.29, 1.82) is 0 Å². The van der Waals surface area contributed by atoms with Crippen LogP contribution in [0.15, 0.2) is 59.7 Å². The van der Waals surface area contributed by atoms with Crippen molar-refractivity contribution in [1.82, 2.24) is 34.5 Å². The van der Waals surface area contributed by atoms with Gasteiger partial charge in [0.2, 0.25) is 5.88 Å². The highest BCUT2D eigenvalue weighted by Crippen LogP contribution is 2.35. The molecule has 13 heteroatoms. The third-order valence-electron chi connectivity index (χ3n) is 6.52. The number of aromatic nitrogens is 7. The summed E-state index contributed by atoms with van der Waals surface area (Å²) in [5.41, 5.74) is 10.3. The number of nitrogens with two attached hydrogens (primary N) is 1. The number of rotatable bonds is 5. The monoisotopic (exact) mass is 562 g/mol. The lowest BCUT2D eigenvalue weighted by atomic mass is 10.0. The molecule has 0 fully saturated rings. The number of amides is 1. The zero-order valence-electron chi connectivity index (χ0n) is 20.4. The molecule has 5 heterocycles. The van der Waals surface area contributed by atoms with E-state index in [0.717, 1.165) is 28.1 Å². The molecule has 0 saturated heterocycles. The van der Waals surface area contributed by atoms with Crippen LogP contribution in [0.5, 0.6) is 5.88 Å². The zero-order chi connectivity index (χ0) is 27.3. The zero-order valence-corrected chi connectivity index (χ0v) is 21.9. The molecule has 5 aromatic rings. The number of halogens is 2. The van der Waals surface area contributed by atoms with Crippen LogP contribution in [0.2, 0.25) is 10.3 Å². The van der Waals surface area contributed by atoms with Crippen molar-refractivity contribution in [2.24, 2.45) is 5.73 Å². The minimum Gasteiger partial charge on any atom is -0.391 e. The maximum Gasteiger partial charge on any atom is 0.411 e. The lowest BCUT2D eigenvalue weighted by Crippen LogP contribution is -2.24. The predicted molar refractivity (Wildman–Crippen MR) is 144 cm³/mol. The molecule has 11 nitrogen and oxygen atoms in total. The Labute approximate surface area is 231 Å². The van der Waals surface area contributed by atoms with Crippen molar-refractivity contribution >= 4 is 29.3 Å². The molecule has 196 valence electrons. The van der Waals surface area contributed by atoms with E-state index in [4.69, 9.17) is 38.7 Å². The molecule has 39 heavy (non-hydrogen) atoms. The number of aromatic amines is 1. The Morgan fingerprint density at radius 2 is 2.00 bits per heavy atom. The van der Waals surface area contributed by atoms with Crippen LogP contribution in [0.4, 0.5) is 4.79 Å². The fraction of sp³-hybridized carbons (Fsp3) is 0.154. The van der Waals surface area contributed by atoms with Crippen LogP contribution in [-0.4, -0.2) is 40.6 Å². The summed E-state index contributed by atoms with van der Waals surface area (Å²) in [5, 5.41) is 8.56. The lowest BCUT2D eigenvalue weighted by molar-refractivity contribution is 0.209. The van der Waals surface area contributed by atoms with E-state index in [-0.39, 0.29) is 22.6 Å². The first-order chi connectivity index (χ1) is 18.8. The lowest BCUT2D eigenvalue weighted by Gasteiger charge is -2.15. The van der Waals surface area contributed by atoms with E-state index >= 15 is 0 Å². The van der Waals surface area contributed by atoms with E-state index in [2.05, 4.69) is 20.3 Å². The van der Waals surface area contributed by atoms with Crippen LogP contribution in [0.25, 0.3) is 28.1 Å². The summed E-state index contributed by atoms with van der Waals surface area (Å²) >= 11 is 12.5. The number of hydrogen-bond acceptors (Lipinski definition) is 7. The van der Waals surface area contributed by atoms with Gasteiger partial charge in [0.25, 0.3) is 5.56 Å². The first-order valence-electron chi connectivity index (χ1n) is 11.9. The number of imidazole rings is 1. The molecule has 1 atom stereocenters. The summed E-state index contributed by atoms with van der Waals surface area (Å²) in [5.74, 6) is 0.628. The van der Waals surface area contributed by atoms with E-state index in [0.29, 0.717) is 35.1 Å². The largest absolute Gasteiger partial charge is 0.411 e. The third kappa shape index (κ3) is 4.66. The van der Waals surface area contributed by atoms with Gasteiger partial charge in [-0.1, -0.05) is 40.0 Å². The van der Waals surface area contributed by atoms with E-state index in [1.165, 1.54) is 12.3 Å². The molecule has 0 saturated carbocycles. The minimum atomic E-state index is -0.953. The molecule has 0 bridgehead atoms. The number of carbonyl (C=O) groups excluding carboxylic acids is 1. The van der Waals surface area contributed by atoms with E-state index < -0.39 is 6.09 Å². The van der Waals surface area contributed by atoms with Crippen molar-refractivity contribution in [3.8, 4) is 34.0 Å². The van der Waals surface area contributed by atoms with Crippen molar-refractivity contribution in [3.63, 3.8) is 0 Å². The van der Waals surface area contributed by atoms with E-state index in [9.17, 15) is 9.59 Å². The number of benzene rings is 1. The van der Waals surface area contributed by atoms with Crippen LogP contribution in [0.1, 0.15) is 29.5 Å². The summed E-state index contributed by atoms with van der Waals surface area (Å²) in [6.45, 7) is 1.99. The molecule has 3 N–H and O–H groups in total. The fourth-order valence-electron chi connectivity index (χ4n) is 4.85. The molecular weight excluding hydrogens is 543 g/mol. The predicted octanol–water partition coefficient (Wildman–Crippen LogP) is 4.49. The minimum absolute atomic E-state index is 0.0638. The summed E-state index contributed by atoms with van der Waals surface area (Å²) in [4.78, 5) is 36.3. The van der Waals surface area contributed by atoms with Gasteiger partial charge in [-0.3, -0.25) is 4.79 Å². The summed E-state index contributed by atoms with van der Waals surface area (Å²) in [6, 6.07) is 12.4. The second-order valence-electron chi connectivity index (χ2n) is 9.10. The number of nitrogens with zero attached hydrogens (tertiary/aromatic N) is 6. The summed E-state index contributed by atoms with van der Waals surface area (Å²) < 4.78 is 8.11. The molecule has 6 rings (SSSR count). The number of pyridine rings is 2. The van der Waals surface area contributed by atoms with Crippen LogP contribution >= 0.6 is 23.2 Å². The average Bonchev–Trinajstić information content (AvgIpc) is 3.62. The molecule has 0 aliphatic carbocycles. The van der Waals surface area contributed by atoms with Crippen molar-refractivity contribution in [2.75, 3.05) is 0 Å². The second kappa shape index (κ2) is 9.68. The van der Waals surface area contributed by atoms with Crippen molar-refractivity contribution in [3.05, 3.63) is 92.6 Å². The first-order valence-corrected chi connectivity index (χ1v) is 12.7. The second-order valence-corrected chi connectivity index (χ2v) is 9.86. The molecule has 1 aromatic carbocycles.